The maximum absolute atomic E-state index is 12.6. The Hall–Kier alpha value is -2.10. The van der Waals surface area contributed by atoms with E-state index in [1.54, 1.807) is 29.9 Å². The van der Waals surface area contributed by atoms with Gasteiger partial charge in [0.05, 0.1) is 11.7 Å². The van der Waals surface area contributed by atoms with Crippen molar-refractivity contribution < 1.29 is 8.42 Å². The van der Waals surface area contributed by atoms with E-state index in [1.807, 2.05) is 12.1 Å². The molecule has 0 aliphatic rings. The second-order valence-corrected chi connectivity index (χ2v) is 7.28. The van der Waals surface area contributed by atoms with Crippen molar-refractivity contribution in [3.63, 3.8) is 0 Å². The molecule has 4 rings (SSSR count). The first-order chi connectivity index (χ1) is 10.6. The first kappa shape index (κ1) is 13.6. The fourth-order valence-electron chi connectivity index (χ4n) is 2.18. The molecule has 0 aliphatic heterocycles. The number of hydrogen-bond acceptors (Lipinski definition) is 5. The first-order valence-electron chi connectivity index (χ1n) is 6.13. The van der Waals surface area contributed by atoms with Gasteiger partial charge in [-0.1, -0.05) is 29.8 Å². The monoisotopic (exact) mass is 353 g/mol. The van der Waals surface area contributed by atoms with E-state index in [-0.39, 0.29) is 10.2 Å². The number of benzene rings is 1. The van der Waals surface area contributed by atoms with Crippen LogP contribution in [0.2, 0.25) is 5.15 Å². The number of para-hydroxylation sites is 1. The molecule has 0 aliphatic carbocycles. The molecule has 0 bridgehead atoms. The molecule has 0 unspecified atom stereocenters. The molecule has 3 heterocycles. The van der Waals surface area contributed by atoms with Crippen LogP contribution in [-0.2, 0) is 10.0 Å². The number of imidazole rings is 1. The van der Waals surface area contributed by atoms with Crippen LogP contribution in [0.1, 0.15) is 0 Å². The smallest absolute Gasteiger partial charge is 0.278 e. The van der Waals surface area contributed by atoms with Gasteiger partial charge in [-0.3, -0.25) is 4.40 Å². The van der Waals surface area contributed by atoms with E-state index in [4.69, 9.17) is 11.6 Å². The number of nitrogens with one attached hydrogen (secondary N) is 1. The molecule has 0 amide bonds. The number of fused-ring (bicyclic) bond motifs is 2. The van der Waals surface area contributed by atoms with Gasteiger partial charge in [0.25, 0.3) is 10.0 Å². The Bertz CT molecular complexity index is 1100. The Morgan fingerprint density at radius 1 is 1.27 bits per heavy atom. The molecule has 0 fully saturated rings. The van der Waals surface area contributed by atoms with Crippen molar-refractivity contribution in [1.82, 2.24) is 19.3 Å². The van der Waals surface area contributed by atoms with Crippen molar-refractivity contribution in [2.75, 3.05) is 4.83 Å². The molecule has 22 heavy (non-hydrogen) atoms. The fourth-order valence-corrected chi connectivity index (χ4v) is 4.61. The zero-order valence-electron chi connectivity index (χ0n) is 10.8. The standard InChI is InChI=1S/C12H8ClN5O2S2/c13-10-11(17-5-6-21-12(17)15-10)22(19,20)16-18-9-4-2-1-3-8(9)7-14-18/h1-7,16H. The van der Waals surface area contributed by atoms with Crippen molar-refractivity contribution in [2.24, 2.45) is 0 Å². The van der Waals surface area contributed by atoms with Gasteiger partial charge >= 0.3 is 0 Å². The van der Waals surface area contributed by atoms with E-state index in [9.17, 15) is 8.42 Å². The molecule has 0 atom stereocenters. The van der Waals surface area contributed by atoms with E-state index >= 15 is 0 Å². The van der Waals surface area contributed by atoms with Crippen LogP contribution in [0.4, 0.5) is 0 Å². The summed E-state index contributed by atoms with van der Waals surface area (Å²) in [5.74, 6) is 0. The normalized spacial score (nSPS) is 12.2. The third kappa shape index (κ3) is 1.97. The Labute approximate surface area is 133 Å². The van der Waals surface area contributed by atoms with E-state index in [1.165, 1.54) is 20.5 Å². The number of nitrogens with zero attached hydrogens (tertiary/aromatic N) is 4. The summed E-state index contributed by atoms with van der Waals surface area (Å²) in [4.78, 5) is 8.14. The first-order valence-corrected chi connectivity index (χ1v) is 8.87. The highest BCUT2D eigenvalue weighted by atomic mass is 35.5. The number of halogens is 1. The second kappa shape index (κ2) is 4.70. The molecular formula is C12H8ClN5O2S2. The summed E-state index contributed by atoms with van der Waals surface area (Å²) in [6.07, 6.45) is 3.19. The molecular weight excluding hydrogens is 346 g/mol. The number of thiazole rings is 1. The summed E-state index contributed by atoms with van der Waals surface area (Å²) in [6, 6.07) is 7.27. The van der Waals surface area contributed by atoms with Gasteiger partial charge in [-0.25, -0.2) is 4.98 Å². The van der Waals surface area contributed by atoms with E-state index in [0.29, 0.717) is 10.5 Å². The van der Waals surface area contributed by atoms with Crippen LogP contribution in [0.3, 0.4) is 0 Å². The maximum Gasteiger partial charge on any atom is 0.295 e. The summed E-state index contributed by atoms with van der Waals surface area (Å²) >= 11 is 7.28. The quantitative estimate of drug-likeness (QED) is 0.613. The minimum Gasteiger partial charge on any atom is -0.278 e. The summed E-state index contributed by atoms with van der Waals surface area (Å²) in [5.41, 5.74) is 0.647. The summed E-state index contributed by atoms with van der Waals surface area (Å²) in [5, 5.41) is 6.43. The van der Waals surface area contributed by atoms with Gasteiger partial charge in [0.15, 0.2) is 10.1 Å². The highest BCUT2D eigenvalue weighted by molar-refractivity contribution is 7.92. The predicted molar refractivity (Wildman–Crippen MR) is 84.4 cm³/mol. The second-order valence-electron chi connectivity index (χ2n) is 4.47. The third-order valence-corrected chi connectivity index (χ3v) is 5.56. The lowest BCUT2D eigenvalue weighted by Crippen LogP contribution is -2.25. The van der Waals surface area contributed by atoms with Crippen LogP contribution in [0.5, 0.6) is 0 Å². The van der Waals surface area contributed by atoms with Gasteiger partial charge in [-0.2, -0.15) is 23.1 Å². The van der Waals surface area contributed by atoms with Gasteiger partial charge < -0.3 is 0 Å². The van der Waals surface area contributed by atoms with E-state index in [2.05, 4.69) is 14.9 Å². The van der Waals surface area contributed by atoms with Crippen LogP contribution in [-0.4, -0.2) is 27.7 Å². The third-order valence-electron chi connectivity index (χ3n) is 3.12. The van der Waals surface area contributed by atoms with Crippen LogP contribution in [0, 0.1) is 0 Å². The van der Waals surface area contributed by atoms with Crippen LogP contribution < -0.4 is 4.83 Å². The van der Waals surface area contributed by atoms with Crippen LogP contribution in [0.25, 0.3) is 15.9 Å². The largest absolute Gasteiger partial charge is 0.295 e. The number of hydrogen-bond donors (Lipinski definition) is 1. The molecule has 0 radical (unpaired) electrons. The number of sulfonamides is 1. The molecule has 10 heteroatoms. The fraction of sp³-hybridized carbons (Fsp3) is 0. The molecule has 1 N–H and O–H groups in total. The van der Waals surface area contributed by atoms with E-state index < -0.39 is 10.0 Å². The van der Waals surface area contributed by atoms with Crippen molar-refractivity contribution in [1.29, 1.82) is 0 Å². The summed E-state index contributed by atoms with van der Waals surface area (Å²) < 4.78 is 26.7. The molecule has 3 aromatic heterocycles. The Kier molecular flexibility index (Phi) is 2.90. The summed E-state index contributed by atoms with van der Waals surface area (Å²) in [6.45, 7) is 0. The SMILES string of the molecule is O=S(=O)(Nn1ncc2ccccc21)c1c(Cl)nc2sccn12. The van der Waals surface area contributed by atoms with Gasteiger partial charge in [0, 0.05) is 17.0 Å². The topological polar surface area (TPSA) is 81.3 Å². The molecule has 0 saturated carbocycles. The maximum atomic E-state index is 12.6. The number of rotatable bonds is 3. The average Bonchev–Trinajstić information content (AvgIpc) is 3.13. The lowest BCUT2D eigenvalue weighted by Gasteiger charge is -2.08. The highest BCUT2D eigenvalue weighted by Crippen LogP contribution is 2.26. The van der Waals surface area contributed by atoms with Crippen molar-refractivity contribution in [2.45, 2.75) is 5.03 Å². The van der Waals surface area contributed by atoms with Gasteiger partial charge in [0.2, 0.25) is 5.03 Å². The minimum absolute atomic E-state index is 0.0733. The Morgan fingerprint density at radius 3 is 2.95 bits per heavy atom. The van der Waals surface area contributed by atoms with E-state index in [0.717, 1.165) is 5.39 Å². The van der Waals surface area contributed by atoms with Gasteiger partial charge in [-0.05, 0) is 6.07 Å². The predicted octanol–water partition coefficient (Wildman–Crippen LogP) is 2.33. The average molecular weight is 354 g/mol. The van der Waals surface area contributed by atoms with Crippen molar-refractivity contribution in [3.05, 3.63) is 47.2 Å². The minimum atomic E-state index is -3.93. The van der Waals surface area contributed by atoms with Crippen molar-refractivity contribution >= 4 is 48.8 Å². The summed E-state index contributed by atoms with van der Waals surface area (Å²) in [7, 11) is -3.93. The van der Waals surface area contributed by atoms with Crippen LogP contribution >= 0.6 is 22.9 Å². The lowest BCUT2D eigenvalue weighted by atomic mass is 10.3. The molecule has 0 spiro atoms. The van der Waals surface area contributed by atoms with Gasteiger partial charge in [0.1, 0.15) is 0 Å². The molecule has 1 aromatic carbocycles. The van der Waals surface area contributed by atoms with Gasteiger partial charge in [-0.15, -0.1) is 11.3 Å². The molecule has 112 valence electrons. The lowest BCUT2D eigenvalue weighted by molar-refractivity contribution is 0.588. The zero-order valence-corrected chi connectivity index (χ0v) is 13.2. The zero-order chi connectivity index (χ0) is 15.3. The van der Waals surface area contributed by atoms with Crippen molar-refractivity contribution in [3.8, 4) is 0 Å². The van der Waals surface area contributed by atoms with Crippen LogP contribution in [0.15, 0.2) is 47.1 Å². The number of aromatic nitrogens is 4. The molecule has 0 saturated heterocycles. The molecule has 4 aromatic rings. The Morgan fingerprint density at radius 2 is 2.09 bits per heavy atom. The highest BCUT2D eigenvalue weighted by Gasteiger charge is 2.26. The Balaban J connectivity index is 1.84. The molecule has 7 nitrogen and oxygen atoms in total.